The maximum atomic E-state index is 12.2. The van der Waals surface area contributed by atoms with Crippen LogP contribution in [-0.4, -0.2) is 35.9 Å². The normalized spacial score (nSPS) is 13.8. The van der Waals surface area contributed by atoms with E-state index in [1.165, 1.54) is 0 Å². The van der Waals surface area contributed by atoms with Gasteiger partial charge in [0.15, 0.2) is 11.5 Å². The molecule has 8 heteroatoms. The smallest absolute Gasteiger partial charge is 0.319 e. The molecule has 7 nitrogen and oxygen atoms in total. The van der Waals surface area contributed by atoms with Crippen molar-refractivity contribution in [3.8, 4) is 11.5 Å². The second kappa shape index (κ2) is 7.61. The van der Waals surface area contributed by atoms with Crippen molar-refractivity contribution >= 4 is 29.3 Å². The van der Waals surface area contributed by atoms with Crippen LogP contribution in [0.4, 0.5) is 10.5 Å². The van der Waals surface area contributed by atoms with Crippen molar-refractivity contribution in [1.29, 1.82) is 0 Å². The first-order valence-electron chi connectivity index (χ1n) is 7.67. The average molecular weight is 357 g/mol. The van der Waals surface area contributed by atoms with Crippen molar-refractivity contribution in [3.63, 3.8) is 0 Å². The van der Waals surface area contributed by atoms with Gasteiger partial charge in [-0.3, -0.25) is 4.79 Å². The monoisotopic (exact) mass is 356 g/mol. The Kier molecular flexibility index (Phi) is 5.77. The van der Waals surface area contributed by atoms with Crippen molar-refractivity contribution in [2.45, 2.75) is 38.6 Å². The Hall–Kier alpha value is -2.15. The third-order valence-electron chi connectivity index (χ3n) is 3.50. The second-order valence-electron chi connectivity index (χ2n) is 6.19. The second-order valence-corrected chi connectivity index (χ2v) is 6.59. The van der Waals surface area contributed by atoms with Crippen LogP contribution in [0.25, 0.3) is 0 Å². The molecule has 0 spiro atoms. The van der Waals surface area contributed by atoms with Gasteiger partial charge in [0, 0.05) is 30.5 Å². The summed E-state index contributed by atoms with van der Waals surface area (Å²) >= 11 is 6.18. The average Bonchev–Trinajstić information content (AvgIpc) is 2.70. The molecular weight excluding hydrogens is 336 g/mol. The summed E-state index contributed by atoms with van der Waals surface area (Å²) in [7, 11) is 0. The molecule has 0 saturated heterocycles. The fraction of sp³-hybridized carbons (Fsp3) is 0.500. The number of halogens is 1. The Labute approximate surface area is 145 Å². The summed E-state index contributed by atoms with van der Waals surface area (Å²) in [6.45, 7) is 4.59. The van der Waals surface area contributed by atoms with E-state index >= 15 is 0 Å². The number of carboxylic acid groups (broad SMARTS) is 1. The van der Waals surface area contributed by atoms with Crippen LogP contribution in [0.1, 0.15) is 33.1 Å². The molecule has 24 heavy (non-hydrogen) atoms. The molecule has 0 unspecified atom stereocenters. The van der Waals surface area contributed by atoms with Gasteiger partial charge >= 0.3 is 12.0 Å². The summed E-state index contributed by atoms with van der Waals surface area (Å²) in [6.07, 6.45) is 1.05. The first kappa shape index (κ1) is 18.2. The molecule has 0 fully saturated rings. The molecule has 3 N–H and O–H groups in total. The van der Waals surface area contributed by atoms with E-state index in [2.05, 4.69) is 10.6 Å². The van der Waals surface area contributed by atoms with Gasteiger partial charge in [-0.05, 0) is 20.3 Å². The number of ether oxygens (including phenoxy) is 2. The van der Waals surface area contributed by atoms with Gasteiger partial charge < -0.3 is 25.2 Å². The third-order valence-corrected chi connectivity index (χ3v) is 3.81. The largest absolute Gasteiger partial charge is 0.490 e. The minimum absolute atomic E-state index is 0.0297. The Balaban J connectivity index is 2.03. The van der Waals surface area contributed by atoms with E-state index in [-0.39, 0.29) is 6.42 Å². The van der Waals surface area contributed by atoms with Crippen LogP contribution in [0, 0.1) is 0 Å². The van der Waals surface area contributed by atoms with Crippen molar-refractivity contribution in [2.24, 2.45) is 0 Å². The molecule has 0 atom stereocenters. The number of urea groups is 1. The molecule has 0 bridgehead atoms. The molecule has 2 rings (SSSR count). The summed E-state index contributed by atoms with van der Waals surface area (Å²) in [5, 5.41) is 14.5. The van der Waals surface area contributed by atoms with Crippen LogP contribution < -0.4 is 20.1 Å². The molecule has 132 valence electrons. The van der Waals surface area contributed by atoms with E-state index < -0.39 is 17.5 Å². The lowest BCUT2D eigenvalue weighted by Gasteiger charge is -2.26. The highest BCUT2D eigenvalue weighted by atomic mass is 35.5. The van der Waals surface area contributed by atoms with E-state index in [0.29, 0.717) is 41.8 Å². The number of carbonyl (C=O) groups is 2. The number of rotatable bonds is 5. The van der Waals surface area contributed by atoms with Crippen LogP contribution in [0.3, 0.4) is 0 Å². The SMILES string of the molecule is CC(C)(CCC(=O)O)NC(=O)Nc1cc2c(cc1Cl)OCCCO2. The number of amides is 2. The van der Waals surface area contributed by atoms with Crippen LogP contribution in [0.15, 0.2) is 12.1 Å². The number of carboxylic acids is 1. The summed E-state index contributed by atoms with van der Waals surface area (Å²) in [4.78, 5) is 22.8. The quantitative estimate of drug-likeness (QED) is 0.752. The van der Waals surface area contributed by atoms with E-state index in [9.17, 15) is 9.59 Å². The molecule has 1 aliphatic heterocycles. The zero-order chi connectivity index (χ0) is 17.7. The van der Waals surface area contributed by atoms with Crippen molar-refractivity contribution < 1.29 is 24.2 Å². The minimum Gasteiger partial charge on any atom is -0.490 e. The minimum atomic E-state index is -0.906. The topological polar surface area (TPSA) is 96.9 Å². The van der Waals surface area contributed by atoms with E-state index in [1.807, 2.05) is 0 Å². The van der Waals surface area contributed by atoms with Gasteiger partial charge in [0.2, 0.25) is 0 Å². The number of hydrogen-bond donors (Lipinski definition) is 3. The fourth-order valence-corrected chi connectivity index (χ4v) is 2.42. The zero-order valence-electron chi connectivity index (χ0n) is 13.6. The lowest BCUT2D eigenvalue weighted by molar-refractivity contribution is -0.137. The van der Waals surface area contributed by atoms with Gasteiger partial charge in [-0.15, -0.1) is 0 Å². The summed E-state index contributed by atoms with van der Waals surface area (Å²) < 4.78 is 11.1. The first-order chi connectivity index (χ1) is 11.3. The third kappa shape index (κ3) is 5.19. The Bertz CT molecular complexity index is 633. The van der Waals surface area contributed by atoms with Crippen LogP contribution in [0.5, 0.6) is 11.5 Å². The number of benzene rings is 1. The number of aliphatic carboxylic acids is 1. The maximum Gasteiger partial charge on any atom is 0.319 e. The fourth-order valence-electron chi connectivity index (χ4n) is 2.22. The van der Waals surface area contributed by atoms with Crippen LogP contribution in [-0.2, 0) is 4.79 Å². The van der Waals surface area contributed by atoms with Crippen LogP contribution >= 0.6 is 11.6 Å². The predicted molar refractivity (Wildman–Crippen MR) is 90.2 cm³/mol. The van der Waals surface area contributed by atoms with Crippen molar-refractivity contribution in [2.75, 3.05) is 18.5 Å². The number of anilines is 1. The molecule has 0 saturated carbocycles. The number of fused-ring (bicyclic) bond motifs is 1. The molecular formula is C16H21ClN2O5. The molecule has 1 heterocycles. The molecule has 1 aromatic rings. The number of carbonyl (C=O) groups excluding carboxylic acids is 1. The lowest BCUT2D eigenvalue weighted by atomic mass is 9.99. The highest BCUT2D eigenvalue weighted by molar-refractivity contribution is 6.34. The highest BCUT2D eigenvalue weighted by Crippen LogP contribution is 2.37. The van der Waals surface area contributed by atoms with Crippen molar-refractivity contribution in [3.05, 3.63) is 17.2 Å². The Morgan fingerprint density at radius 2 is 1.88 bits per heavy atom. The summed E-state index contributed by atoms with van der Waals surface area (Å²) in [5.74, 6) is 0.166. The van der Waals surface area contributed by atoms with E-state index in [1.54, 1.807) is 26.0 Å². The first-order valence-corrected chi connectivity index (χ1v) is 8.05. The summed E-state index contributed by atoms with van der Waals surface area (Å²) in [6, 6.07) is 2.75. The highest BCUT2D eigenvalue weighted by Gasteiger charge is 2.22. The zero-order valence-corrected chi connectivity index (χ0v) is 14.4. The van der Waals surface area contributed by atoms with Gasteiger partial charge in [-0.1, -0.05) is 11.6 Å². The maximum absolute atomic E-state index is 12.2. The lowest BCUT2D eigenvalue weighted by Crippen LogP contribution is -2.45. The van der Waals surface area contributed by atoms with Gasteiger partial charge in [-0.25, -0.2) is 4.79 Å². The van der Waals surface area contributed by atoms with Gasteiger partial charge in [0.05, 0.1) is 23.9 Å². The standard InChI is InChI=1S/C16H21ClN2O5/c1-16(2,5-4-14(20)21)19-15(22)18-11-9-13-12(8-10(11)17)23-6-3-7-24-13/h8-9H,3-7H2,1-2H3,(H,20,21)(H2,18,19,22). The molecule has 0 aromatic heterocycles. The number of nitrogens with one attached hydrogen (secondary N) is 2. The van der Waals surface area contributed by atoms with Crippen molar-refractivity contribution in [1.82, 2.24) is 5.32 Å². The van der Waals surface area contributed by atoms with Gasteiger partial charge in [-0.2, -0.15) is 0 Å². The van der Waals surface area contributed by atoms with Gasteiger partial charge in [0.1, 0.15) is 0 Å². The molecule has 0 aliphatic carbocycles. The van der Waals surface area contributed by atoms with E-state index in [4.69, 9.17) is 26.2 Å². The molecule has 2 amide bonds. The predicted octanol–water partition coefficient (Wildman–Crippen LogP) is 3.27. The number of hydrogen-bond acceptors (Lipinski definition) is 4. The van der Waals surface area contributed by atoms with Gasteiger partial charge in [0.25, 0.3) is 0 Å². The molecule has 1 aliphatic rings. The van der Waals surface area contributed by atoms with E-state index in [0.717, 1.165) is 6.42 Å². The Morgan fingerprint density at radius 3 is 2.50 bits per heavy atom. The molecule has 1 aromatic carbocycles. The summed E-state index contributed by atoms with van der Waals surface area (Å²) in [5.41, 5.74) is -0.271. The van der Waals surface area contributed by atoms with Crippen LogP contribution in [0.2, 0.25) is 5.02 Å². The Morgan fingerprint density at radius 1 is 1.25 bits per heavy atom. The molecule has 0 radical (unpaired) electrons.